The summed E-state index contributed by atoms with van der Waals surface area (Å²) in [6.07, 6.45) is 0. The van der Waals surface area contributed by atoms with E-state index in [1.165, 1.54) is 0 Å². The molecule has 0 aromatic heterocycles. The van der Waals surface area contributed by atoms with Crippen molar-refractivity contribution in [1.29, 1.82) is 0 Å². The van der Waals surface area contributed by atoms with Crippen LogP contribution in [-0.4, -0.2) is 24.7 Å². The van der Waals surface area contributed by atoms with Crippen molar-refractivity contribution in [2.24, 2.45) is 5.73 Å². The molecule has 1 amide bonds. The SMILES string of the molecule is CC(C)(C)OCCOCc1ccc(C(N)=O)cc1N. The lowest BCUT2D eigenvalue weighted by atomic mass is 10.1. The number of carbonyl (C=O) groups is 1. The Morgan fingerprint density at radius 2 is 1.95 bits per heavy atom. The van der Waals surface area contributed by atoms with Crippen molar-refractivity contribution < 1.29 is 14.3 Å². The number of primary amides is 1. The molecule has 0 aliphatic carbocycles. The smallest absolute Gasteiger partial charge is 0.248 e. The van der Waals surface area contributed by atoms with E-state index in [1.54, 1.807) is 18.2 Å². The molecule has 1 aromatic rings. The minimum atomic E-state index is -0.488. The van der Waals surface area contributed by atoms with Crippen LogP contribution in [-0.2, 0) is 16.1 Å². The van der Waals surface area contributed by atoms with E-state index < -0.39 is 5.91 Å². The number of carbonyl (C=O) groups excluding carboxylic acids is 1. The van der Waals surface area contributed by atoms with Crippen LogP contribution >= 0.6 is 0 Å². The molecule has 0 fully saturated rings. The monoisotopic (exact) mass is 266 g/mol. The molecule has 1 rings (SSSR count). The summed E-state index contributed by atoms with van der Waals surface area (Å²) in [5, 5.41) is 0. The van der Waals surface area contributed by atoms with Crippen molar-refractivity contribution in [3.63, 3.8) is 0 Å². The third-order valence-corrected chi connectivity index (χ3v) is 2.45. The van der Waals surface area contributed by atoms with E-state index in [2.05, 4.69) is 0 Å². The van der Waals surface area contributed by atoms with Crippen molar-refractivity contribution in [3.05, 3.63) is 29.3 Å². The molecule has 19 heavy (non-hydrogen) atoms. The highest BCUT2D eigenvalue weighted by molar-refractivity contribution is 5.93. The number of anilines is 1. The van der Waals surface area contributed by atoms with Gasteiger partial charge in [0.05, 0.1) is 25.4 Å². The van der Waals surface area contributed by atoms with Crippen LogP contribution in [0.2, 0.25) is 0 Å². The Kier molecular flexibility index (Phi) is 5.32. The summed E-state index contributed by atoms with van der Waals surface area (Å²) in [5.74, 6) is -0.488. The number of amides is 1. The van der Waals surface area contributed by atoms with E-state index >= 15 is 0 Å². The van der Waals surface area contributed by atoms with Crippen molar-refractivity contribution in [2.75, 3.05) is 18.9 Å². The van der Waals surface area contributed by atoms with Gasteiger partial charge in [0, 0.05) is 16.8 Å². The summed E-state index contributed by atoms with van der Waals surface area (Å²) < 4.78 is 11.0. The van der Waals surface area contributed by atoms with E-state index in [-0.39, 0.29) is 5.60 Å². The number of hydrogen-bond acceptors (Lipinski definition) is 4. The van der Waals surface area contributed by atoms with Gasteiger partial charge in [-0.1, -0.05) is 6.07 Å². The third-order valence-electron chi connectivity index (χ3n) is 2.45. The van der Waals surface area contributed by atoms with Crippen LogP contribution in [0.4, 0.5) is 5.69 Å². The molecule has 0 unspecified atom stereocenters. The van der Waals surface area contributed by atoms with Crippen LogP contribution in [0.5, 0.6) is 0 Å². The molecule has 106 valence electrons. The second kappa shape index (κ2) is 6.54. The number of hydrogen-bond donors (Lipinski definition) is 2. The maximum Gasteiger partial charge on any atom is 0.248 e. The van der Waals surface area contributed by atoms with Crippen molar-refractivity contribution in [3.8, 4) is 0 Å². The Morgan fingerprint density at radius 3 is 2.47 bits per heavy atom. The molecule has 0 aliphatic rings. The molecular weight excluding hydrogens is 244 g/mol. The second-order valence-corrected chi connectivity index (χ2v) is 5.29. The molecule has 0 saturated carbocycles. The second-order valence-electron chi connectivity index (χ2n) is 5.29. The van der Waals surface area contributed by atoms with E-state index in [0.717, 1.165) is 5.56 Å². The molecule has 0 spiro atoms. The number of rotatable bonds is 6. The van der Waals surface area contributed by atoms with Crippen molar-refractivity contribution in [1.82, 2.24) is 0 Å². The summed E-state index contributed by atoms with van der Waals surface area (Å²) in [5.41, 5.74) is 12.6. The van der Waals surface area contributed by atoms with Gasteiger partial charge >= 0.3 is 0 Å². The van der Waals surface area contributed by atoms with Gasteiger partial charge in [0.15, 0.2) is 0 Å². The zero-order valence-electron chi connectivity index (χ0n) is 11.7. The van der Waals surface area contributed by atoms with Crippen LogP contribution in [0.15, 0.2) is 18.2 Å². The molecule has 0 atom stereocenters. The standard InChI is InChI=1S/C14H22N2O3/c1-14(2,3)19-7-6-18-9-11-5-4-10(13(16)17)8-12(11)15/h4-5,8H,6-7,9,15H2,1-3H3,(H2,16,17). The number of nitrogen functional groups attached to an aromatic ring is 1. The Balaban J connectivity index is 2.40. The first-order valence-corrected chi connectivity index (χ1v) is 6.19. The van der Waals surface area contributed by atoms with Gasteiger partial charge in [-0.05, 0) is 32.9 Å². The average molecular weight is 266 g/mol. The fourth-order valence-corrected chi connectivity index (χ4v) is 1.47. The van der Waals surface area contributed by atoms with Crippen molar-refractivity contribution >= 4 is 11.6 Å². The summed E-state index contributed by atoms with van der Waals surface area (Å²) in [6.45, 7) is 7.39. The molecule has 0 aliphatic heterocycles. The number of benzene rings is 1. The van der Waals surface area contributed by atoms with Crippen molar-refractivity contribution in [2.45, 2.75) is 33.0 Å². The van der Waals surface area contributed by atoms with Gasteiger partial charge in [-0.15, -0.1) is 0 Å². The summed E-state index contributed by atoms with van der Waals surface area (Å²) in [4.78, 5) is 11.0. The lowest BCUT2D eigenvalue weighted by Crippen LogP contribution is -2.21. The summed E-state index contributed by atoms with van der Waals surface area (Å²) in [6, 6.07) is 4.95. The highest BCUT2D eigenvalue weighted by atomic mass is 16.5. The lowest BCUT2D eigenvalue weighted by Gasteiger charge is -2.19. The number of ether oxygens (including phenoxy) is 2. The Bertz CT molecular complexity index is 439. The molecule has 0 saturated heterocycles. The van der Waals surface area contributed by atoms with Gasteiger partial charge in [0.25, 0.3) is 0 Å². The Labute approximate surface area is 113 Å². The lowest BCUT2D eigenvalue weighted by molar-refractivity contribution is -0.0376. The van der Waals surface area contributed by atoms with Crippen LogP contribution in [0, 0.1) is 0 Å². The fourth-order valence-electron chi connectivity index (χ4n) is 1.47. The highest BCUT2D eigenvalue weighted by Crippen LogP contribution is 2.15. The number of nitrogens with two attached hydrogens (primary N) is 2. The first-order valence-electron chi connectivity index (χ1n) is 6.19. The first kappa shape index (κ1) is 15.5. The zero-order valence-corrected chi connectivity index (χ0v) is 11.7. The van der Waals surface area contributed by atoms with Gasteiger partial charge in [0.2, 0.25) is 5.91 Å². The van der Waals surface area contributed by atoms with E-state index in [4.69, 9.17) is 20.9 Å². The highest BCUT2D eigenvalue weighted by Gasteiger charge is 2.09. The van der Waals surface area contributed by atoms with Crippen LogP contribution < -0.4 is 11.5 Å². The molecular formula is C14H22N2O3. The topological polar surface area (TPSA) is 87.6 Å². The average Bonchev–Trinajstić information content (AvgIpc) is 2.28. The largest absolute Gasteiger partial charge is 0.398 e. The summed E-state index contributed by atoms with van der Waals surface area (Å²) in [7, 11) is 0. The van der Waals surface area contributed by atoms with E-state index in [0.29, 0.717) is 31.1 Å². The predicted molar refractivity (Wildman–Crippen MR) is 74.7 cm³/mol. The molecule has 4 N–H and O–H groups in total. The van der Waals surface area contributed by atoms with Crippen LogP contribution in [0.3, 0.4) is 0 Å². The predicted octanol–water partition coefficient (Wildman–Crippen LogP) is 1.70. The maximum absolute atomic E-state index is 11.0. The minimum Gasteiger partial charge on any atom is -0.398 e. The Morgan fingerprint density at radius 1 is 1.26 bits per heavy atom. The first-order chi connectivity index (χ1) is 8.79. The van der Waals surface area contributed by atoms with E-state index in [9.17, 15) is 4.79 Å². The summed E-state index contributed by atoms with van der Waals surface area (Å²) >= 11 is 0. The van der Waals surface area contributed by atoms with Gasteiger partial charge in [0.1, 0.15) is 0 Å². The molecule has 0 bridgehead atoms. The maximum atomic E-state index is 11.0. The zero-order chi connectivity index (χ0) is 14.5. The van der Waals surface area contributed by atoms with Gasteiger partial charge in [-0.2, -0.15) is 0 Å². The normalized spacial score (nSPS) is 11.5. The van der Waals surface area contributed by atoms with Gasteiger partial charge in [-0.3, -0.25) is 4.79 Å². The van der Waals surface area contributed by atoms with Crippen LogP contribution in [0.25, 0.3) is 0 Å². The Hall–Kier alpha value is -1.59. The van der Waals surface area contributed by atoms with E-state index in [1.807, 2.05) is 20.8 Å². The molecule has 5 nitrogen and oxygen atoms in total. The fraction of sp³-hybridized carbons (Fsp3) is 0.500. The quantitative estimate of drug-likeness (QED) is 0.606. The van der Waals surface area contributed by atoms with Gasteiger partial charge in [-0.25, -0.2) is 0 Å². The molecule has 5 heteroatoms. The molecule has 0 radical (unpaired) electrons. The van der Waals surface area contributed by atoms with Gasteiger partial charge < -0.3 is 20.9 Å². The molecule has 1 aromatic carbocycles. The minimum absolute atomic E-state index is 0.161. The third kappa shape index (κ3) is 5.72. The molecule has 0 heterocycles. The van der Waals surface area contributed by atoms with Crippen LogP contribution in [0.1, 0.15) is 36.7 Å².